The Bertz CT molecular complexity index is 482. The molecule has 0 fully saturated rings. The number of benzene rings is 1. The van der Waals surface area contributed by atoms with Crippen molar-refractivity contribution >= 4 is 17.2 Å². The number of nitrogens with one attached hydrogen (secondary N) is 2. The zero-order chi connectivity index (χ0) is 13.5. The van der Waals surface area contributed by atoms with Gasteiger partial charge in [0.1, 0.15) is 12.4 Å². The van der Waals surface area contributed by atoms with E-state index >= 15 is 0 Å². The van der Waals surface area contributed by atoms with Crippen molar-refractivity contribution in [3.8, 4) is 0 Å². The molecule has 1 aromatic rings. The van der Waals surface area contributed by atoms with E-state index in [2.05, 4.69) is 20.8 Å². The van der Waals surface area contributed by atoms with Crippen LogP contribution in [-0.4, -0.2) is 37.8 Å². The fourth-order valence-corrected chi connectivity index (χ4v) is 1.91. The zero-order valence-corrected chi connectivity index (χ0v) is 11.4. The molecule has 2 N–H and O–H groups in total. The van der Waals surface area contributed by atoms with Crippen molar-refractivity contribution in [1.82, 2.24) is 5.32 Å². The predicted molar refractivity (Wildman–Crippen MR) is 79.1 cm³/mol. The SMILES string of the molecule is CCON=C(C)c1ccccc1NCC1=NCCN1. The molecule has 1 aromatic carbocycles. The minimum Gasteiger partial charge on any atom is -0.396 e. The van der Waals surface area contributed by atoms with Crippen LogP contribution in [-0.2, 0) is 4.84 Å². The van der Waals surface area contributed by atoms with Gasteiger partial charge in [0.25, 0.3) is 0 Å². The lowest BCUT2D eigenvalue weighted by Crippen LogP contribution is -2.26. The summed E-state index contributed by atoms with van der Waals surface area (Å²) in [6, 6.07) is 8.07. The molecule has 1 aliphatic heterocycles. The number of anilines is 1. The molecule has 5 nitrogen and oxygen atoms in total. The lowest BCUT2D eigenvalue weighted by molar-refractivity contribution is 0.159. The maximum atomic E-state index is 5.11. The molecular formula is C14H20N4O. The summed E-state index contributed by atoms with van der Waals surface area (Å²) in [5, 5.41) is 10.7. The van der Waals surface area contributed by atoms with E-state index in [-0.39, 0.29) is 0 Å². The number of aliphatic imine (C=N–C) groups is 1. The molecular weight excluding hydrogens is 240 g/mol. The number of hydrogen-bond donors (Lipinski definition) is 2. The topological polar surface area (TPSA) is 58.0 Å². The van der Waals surface area contributed by atoms with Crippen LogP contribution in [0.2, 0.25) is 0 Å². The number of para-hydroxylation sites is 1. The van der Waals surface area contributed by atoms with Crippen LogP contribution in [0.3, 0.4) is 0 Å². The zero-order valence-electron chi connectivity index (χ0n) is 11.4. The van der Waals surface area contributed by atoms with Crippen molar-refractivity contribution in [3.05, 3.63) is 29.8 Å². The molecule has 2 rings (SSSR count). The number of rotatable bonds is 6. The van der Waals surface area contributed by atoms with Crippen LogP contribution in [0, 0.1) is 0 Å². The van der Waals surface area contributed by atoms with Gasteiger partial charge in [-0.1, -0.05) is 23.4 Å². The van der Waals surface area contributed by atoms with E-state index < -0.39 is 0 Å². The van der Waals surface area contributed by atoms with Gasteiger partial charge in [-0.3, -0.25) is 4.99 Å². The highest BCUT2D eigenvalue weighted by Gasteiger charge is 2.08. The van der Waals surface area contributed by atoms with Crippen LogP contribution < -0.4 is 10.6 Å². The van der Waals surface area contributed by atoms with Gasteiger partial charge in [-0.05, 0) is 19.9 Å². The van der Waals surface area contributed by atoms with E-state index in [0.717, 1.165) is 35.9 Å². The smallest absolute Gasteiger partial charge is 0.116 e. The monoisotopic (exact) mass is 260 g/mol. The fraction of sp³-hybridized carbons (Fsp3) is 0.429. The lowest BCUT2D eigenvalue weighted by Gasteiger charge is -2.11. The Morgan fingerprint density at radius 3 is 3.05 bits per heavy atom. The van der Waals surface area contributed by atoms with Gasteiger partial charge in [0.05, 0.1) is 18.8 Å². The van der Waals surface area contributed by atoms with Gasteiger partial charge in [-0.25, -0.2) is 0 Å². The second-order valence-corrected chi connectivity index (χ2v) is 4.25. The lowest BCUT2D eigenvalue weighted by atomic mass is 10.1. The van der Waals surface area contributed by atoms with Crippen molar-refractivity contribution in [2.75, 3.05) is 31.6 Å². The summed E-state index contributed by atoms with van der Waals surface area (Å²) in [4.78, 5) is 9.47. The first-order chi connectivity index (χ1) is 9.31. The number of amidine groups is 1. The summed E-state index contributed by atoms with van der Waals surface area (Å²) >= 11 is 0. The summed E-state index contributed by atoms with van der Waals surface area (Å²) in [6.45, 7) is 6.95. The summed E-state index contributed by atoms with van der Waals surface area (Å²) in [6.07, 6.45) is 0. The first-order valence-electron chi connectivity index (χ1n) is 6.58. The Morgan fingerprint density at radius 2 is 2.32 bits per heavy atom. The summed E-state index contributed by atoms with van der Waals surface area (Å²) in [5.74, 6) is 1.01. The van der Waals surface area contributed by atoms with E-state index in [0.29, 0.717) is 13.2 Å². The van der Waals surface area contributed by atoms with Gasteiger partial charge < -0.3 is 15.5 Å². The third-order valence-electron chi connectivity index (χ3n) is 2.84. The first-order valence-corrected chi connectivity index (χ1v) is 6.58. The molecule has 0 amide bonds. The fourth-order valence-electron chi connectivity index (χ4n) is 1.91. The maximum absolute atomic E-state index is 5.11. The summed E-state index contributed by atoms with van der Waals surface area (Å²) in [5.41, 5.74) is 2.96. The van der Waals surface area contributed by atoms with E-state index in [1.165, 1.54) is 0 Å². The number of hydrogen-bond acceptors (Lipinski definition) is 5. The highest BCUT2D eigenvalue weighted by atomic mass is 16.6. The molecule has 0 aliphatic carbocycles. The van der Waals surface area contributed by atoms with E-state index in [9.17, 15) is 0 Å². The van der Waals surface area contributed by atoms with Gasteiger partial charge >= 0.3 is 0 Å². The van der Waals surface area contributed by atoms with Crippen LogP contribution in [0.4, 0.5) is 5.69 Å². The molecule has 0 aromatic heterocycles. The quantitative estimate of drug-likeness (QED) is 0.606. The number of oxime groups is 1. The molecule has 1 heterocycles. The van der Waals surface area contributed by atoms with Gasteiger partial charge in [-0.2, -0.15) is 0 Å². The van der Waals surface area contributed by atoms with Crippen molar-refractivity contribution in [3.63, 3.8) is 0 Å². The Balaban J connectivity index is 2.07. The average Bonchev–Trinajstić information content (AvgIpc) is 2.96. The predicted octanol–water partition coefficient (Wildman–Crippen LogP) is 1.86. The van der Waals surface area contributed by atoms with Crippen LogP contribution in [0.15, 0.2) is 34.4 Å². The van der Waals surface area contributed by atoms with Gasteiger partial charge in [-0.15, -0.1) is 0 Å². The van der Waals surface area contributed by atoms with Crippen LogP contribution in [0.1, 0.15) is 19.4 Å². The minimum atomic E-state index is 0.577. The minimum absolute atomic E-state index is 0.577. The molecule has 0 atom stereocenters. The molecule has 0 bridgehead atoms. The van der Waals surface area contributed by atoms with Crippen molar-refractivity contribution in [2.24, 2.45) is 10.1 Å². The third kappa shape index (κ3) is 3.71. The number of nitrogens with zero attached hydrogens (tertiary/aromatic N) is 2. The molecule has 0 radical (unpaired) electrons. The van der Waals surface area contributed by atoms with Crippen molar-refractivity contribution in [2.45, 2.75) is 13.8 Å². The Kier molecular flexibility index (Phi) is 4.78. The molecule has 0 saturated carbocycles. The van der Waals surface area contributed by atoms with E-state index in [1.54, 1.807) is 0 Å². The Morgan fingerprint density at radius 1 is 1.47 bits per heavy atom. The molecule has 102 valence electrons. The largest absolute Gasteiger partial charge is 0.396 e. The molecule has 19 heavy (non-hydrogen) atoms. The highest BCUT2D eigenvalue weighted by Crippen LogP contribution is 2.16. The Hall–Kier alpha value is -2.04. The molecule has 0 spiro atoms. The molecule has 1 aliphatic rings. The molecule has 0 saturated heterocycles. The molecule has 5 heteroatoms. The van der Waals surface area contributed by atoms with Crippen LogP contribution in [0.25, 0.3) is 0 Å². The second kappa shape index (κ2) is 6.78. The normalized spacial score (nSPS) is 14.8. The third-order valence-corrected chi connectivity index (χ3v) is 2.84. The van der Waals surface area contributed by atoms with Crippen molar-refractivity contribution in [1.29, 1.82) is 0 Å². The second-order valence-electron chi connectivity index (χ2n) is 4.25. The van der Waals surface area contributed by atoms with Crippen LogP contribution >= 0.6 is 0 Å². The van der Waals surface area contributed by atoms with Crippen molar-refractivity contribution < 1.29 is 4.84 Å². The summed E-state index contributed by atoms with van der Waals surface area (Å²) in [7, 11) is 0. The standard InChI is InChI=1S/C14H20N4O/c1-3-19-18-11(2)12-6-4-5-7-13(12)17-10-14-15-8-9-16-14/h4-7,17H,3,8-10H2,1-2H3,(H,15,16). The maximum Gasteiger partial charge on any atom is 0.116 e. The van der Waals surface area contributed by atoms with Crippen LogP contribution in [0.5, 0.6) is 0 Å². The van der Waals surface area contributed by atoms with Gasteiger partial charge in [0.2, 0.25) is 0 Å². The van der Waals surface area contributed by atoms with E-state index in [4.69, 9.17) is 4.84 Å². The van der Waals surface area contributed by atoms with Gasteiger partial charge in [0.15, 0.2) is 0 Å². The average molecular weight is 260 g/mol. The molecule has 0 unspecified atom stereocenters. The first kappa shape index (κ1) is 13.4. The van der Waals surface area contributed by atoms with E-state index in [1.807, 2.05) is 38.1 Å². The summed E-state index contributed by atoms with van der Waals surface area (Å²) < 4.78 is 0. The highest BCUT2D eigenvalue weighted by molar-refractivity contribution is 6.03. The van der Waals surface area contributed by atoms with Gasteiger partial charge in [0, 0.05) is 17.8 Å². The Labute approximate surface area is 113 Å².